The van der Waals surface area contributed by atoms with Crippen molar-refractivity contribution in [3.05, 3.63) is 65.6 Å². The van der Waals surface area contributed by atoms with Crippen LogP contribution in [0.4, 0.5) is 17.2 Å². The van der Waals surface area contributed by atoms with Gasteiger partial charge >= 0.3 is 6.01 Å². The van der Waals surface area contributed by atoms with E-state index in [2.05, 4.69) is 57.4 Å². The number of nitrogens with zero attached hydrogens (tertiary/aromatic N) is 4. The summed E-state index contributed by atoms with van der Waals surface area (Å²) in [5, 5.41) is 3.53. The van der Waals surface area contributed by atoms with Crippen LogP contribution in [-0.2, 0) is 15.1 Å². The van der Waals surface area contributed by atoms with Crippen LogP contribution in [0.25, 0.3) is 0 Å². The number of nitrogens with one attached hydrogen (secondary N) is 1. The van der Waals surface area contributed by atoms with Gasteiger partial charge in [0.15, 0.2) is 5.82 Å². The number of hydrogen-bond acceptors (Lipinski definition) is 8. The molecule has 0 spiro atoms. The van der Waals surface area contributed by atoms with Crippen LogP contribution in [-0.4, -0.2) is 40.1 Å². The quantitative estimate of drug-likeness (QED) is 0.360. The summed E-state index contributed by atoms with van der Waals surface area (Å²) in [5.74, 6) is 1.51. The van der Waals surface area contributed by atoms with Crippen LogP contribution in [0.1, 0.15) is 74.5 Å². The first-order valence-electron chi connectivity index (χ1n) is 13.8. The van der Waals surface area contributed by atoms with E-state index in [4.69, 9.17) is 14.5 Å². The molecule has 0 amide bonds. The molecule has 3 fully saturated rings. The van der Waals surface area contributed by atoms with Crippen molar-refractivity contribution in [3.63, 3.8) is 0 Å². The molecule has 2 aliphatic heterocycles. The lowest BCUT2D eigenvalue weighted by Crippen LogP contribution is -2.43. The highest BCUT2D eigenvalue weighted by Gasteiger charge is 2.44. The number of benzene rings is 1. The standard InChI is InChI=1S/C30H35N5O3/c1-3-37-29-32-17-24(18-33-29)34-27-15-23(30(38-19-36)11-4-12-30)16-31-28(27)35-25-9-10-26(35)14-22(13-25)21-7-5-20(2)6-8-21/h5-8,15-19,22,25-26,34H,3-4,9-14H2,1-2H3. The van der Waals surface area contributed by atoms with Crippen molar-refractivity contribution in [2.24, 2.45) is 0 Å². The monoisotopic (exact) mass is 513 g/mol. The van der Waals surface area contributed by atoms with E-state index in [1.807, 2.05) is 13.1 Å². The van der Waals surface area contributed by atoms with Gasteiger partial charge in [0.05, 0.1) is 30.4 Å². The molecule has 2 unspecified atom stereocenters. The molecule has 3 aromatic rings. The second-order valence-electron chi connectivity index (χ2n) is 10.8. The highest BCUT2D eigenvalue weighted by atomic mass is 16.5. The fourth-order valence-electron chi connectivity index (χ4n) is 6.44. The van der Waals surface area contributed by atoms with Gasteiger partial charge in [-0.05, 0) is 76.3 Å². The van der Waals surface area contributed by atoms with Crippen molar-refractivity contribution in [1.82, 2.24) is 15.0 Å². The van der Waals surface area contributed by atoms with Gasteiger partial charge in [0.1, 0.15) is 5.60 Å². The maximum absolute atomic E-state index is 11.3. The maximum atomic E-state index is 11.3. The van der Waals surface area contributed by atoms with Crippen molar-refractivity contribution in [1.29, 1.82) is 0 Å². The lowest BCUT2D eigenvalue weighted by Gasteiger charge is -2.42. The van der Waals surface area contributed by atoms with Gasteiger partial charge in [0, 0.05) is 23.8 Å². The molecule has 198 valence electrons. The average molecular weight is 514 g/mol. The van der Waals surface area contributed by atoms with E-state index < -0.39 is 5.60 Å². The lowest BCUT2D eigenvalue weighted by atomic mass is 9.75. The number of hydrogen-bond donors (Lipinski definition) is 1. The van der Waals surface area contributed by atoms with Crippen LogP contribution < -0.4 is 15.0 Å². The SMILES string of the molecule is CCOc1ncc(Nc2cc(C3(OC=O)CCC3)cnc2N2C3CCC2CC(c2ccc(C)cc2)C3)cn1. The molecule has 8 nitrogen and oxygen atoms in total. The molecular formula is C30H35N5O3. The third-order valence-electron chi connectivity index (χ3n) is 8.53. The Bertz CT molecular complexity index is 1260. The van der Waals surface area contributed by atoms with E-state index in [9.17, 15) is 4.79 Å². The number of fused-ring (bicyclic) bond motifs is 2. The van der Waals surface area contributed by atoms with Crippen LogP contribution in [0.5, 0.6) is 6.01 Å². The van der Waals surface area contributed by atoms with Gasteiger partial charge in [0.2, 0.25) is 0 Å². The van der Waals surface area contributed by atoms with Crippen molar-refractivity contribution >= 4 is 23.7 Å². The predicted molar refractivity (Wildman–Crippen MR) is 146 cm³/mol. The number of piperidine rings is 1. The van der Waals surface area contributed by atoms with Crippen molar-refractivity contribution < 1.29 is 14.3 Å². The van der Waals surface area contributed by atoms with Crippen LogP contribution in [0.15, 0.2) is 48.9 Å². The van der Waals surface area contributed by atoms with Gasteiger partial charge in [-0.2, -0.15) is 0 Å². The average Bonchev–Trinajstić information content (AvgIpc) is 3.16. The van der Waals surface area contributed by atoms with Crippen LogP contribution in [0.2, 0.25) is 0 Å². The van der Waals surface area contributed by atoms with E-state index in [1.54, 1.807) is 12.4 Å². The van der Waals surface area contributed by atoms with Gasteiger partial charge < -0.3 is 19.7 Å². The second-order valence-corrected chi connectivity index (χ2v) is 10.8. The van der Waals surface area contributed by atoms with Gasteiger partial charge in [-0.25, -0.2) is 15.0 Å². The fourth-order valence-corrected chi connectivity index (χ4v) is 6.44. The molecule has 0 radical (unpaired) electrons. The number of pyridine rings is 1. The largest absolute Gasteiger partial charge is 0.464 e. The van der Waals surface area contributed by atoms with Gasteiger partial charge in [-0.1, -0.05) is 29.8 Å². The van der Waals surface area contributed by atoms with Crippen LogP contribution in [0.3, 0.4) is 0 Å². The number of aromatic nitrogens is 3. The molecule has 2 saturated heterocycles. The zero-order chi connectivity index (χ0) is 26.1. The Balaban J connectivity index is 1.32. The first kappa shape index (κ1) is 24.6. The molecule has 8 heteroatoms. The number of carbonyl (C=O) groups is 1. The Labute approximate surface area is 223 Å². The third-order valence-corrected chi connectivity index (χ3v) is 8.53. The van der Waals surface area contributed by atoms with Crippen molar-refractivity contribution in [3.8, 4) is 6.01 Å². The van der Waals surface area contributed by atoms with E-state index in [-0.39, 0.29) is 0 Å². The van der Waals surface area contributed by atoms with Crippen LogP contribution in [0, 0.1) is 6.92 Å². The highest BCUT2D eigenvalue weighted by Crippen LogP contribution is 2.49. The second kappa shape index (κ2) is 10.2. The Morgan fingerprint density at radius 1 is 1.05 bits per heavy atom. The summed E-state index contributed by atoms with van der Waals surface area (Å²) in [6, 6.07) is 12.4. The topological polar surface area (TPSA) is 89.5 Å². The number of carbonyl (C=O) groups excluding carboxylic acids is 1. The summed E-state index contributed by atoms with van der Waals surface area (Å²) in [4.78, 5) is 27.5. The number of ether oxygens (including phenoxy) is 2. The van der Waals surface area contributed by atoms with Gasteiger partial charge in [0.25, 0.3) is 6.47 Å². The molecule has 1 aliphatic carbocycles. The van der Waals surface area contributed by atoms with Gasteiger partial charge in [-0.15, -0.1) is 0 Å². The van der Waals surface area contributed by atoms with E-state index in [0.717, 1.165) is 54.9 Å². The van der Waals surface area contributed by atoms with E-state index >= 15 is 0 Å². The fraction of sp³-hybridized carbons (Fsp3) is 0.467. The van der Waals surface area contributed by atoms with Crippen LogP contribution >= 0.6 is 0 Å². The molecule has 4 heterocycles. The van der Waals surface area contributed by atoms with E-state index in [0.29, 0.717) is 37.1 Å². The Hall–Kier alpha value is -3.68. The molecular weight excluding hydrogens is 478 g/mol. The first-order valence-corrected chi connectivity index (χ1v) is 13.8. The first-order chi connectivity index (χ1) is 18.6. The summed E-state index contributed by atoms with van der Waals surface area (Å²) in [6.45, 7) is 5.13. The Morgan fingerprint density at radius 2 is 1.76 bits per heavy atom. The third kappa shape index (κ3) is 4.57. The van der Waals surface area contributed by atoms with E-state index in [1.165, 1.54) is 24.0 Å². The molecule has 2 aromatic heterocycles. The Kier molecular flexibility index (Phi) is 6.64. The summed E-state index contributed by atoms with van der Waals surface area (Å²) in [5.41, 5.74) is 4.73. The number of aryl methyl sites for hydroxylation is 1. The molecule has 6 rings (SSSR count). The highest BCUT2D eigenvalue weighted by molar-refractivity contribution is 5.74. The summed E-state index contributed by atoms with van der Waals surface area (Å²) >= 11 is 0. The van der Waals surface area contributed by atoms with Gasteiger partial charge in [-0.3, -0.25) is 4.79 Å². The number of rotatable bonds is 9. The normalized spacial score (nSPS) is 23.4. The Morgan fingerprint density at radius 3 is 2.37 bits per heavy atom. The molecule has 1 aromatic carbocycles. The molecule has 1 saturated carbocycles. The maximum Gasteiger partial charge on any atom is 0.316 e. The zero-order valence-corrected chi connectivity index (χ0v) is 22.1. The minimum Gasteiger partial charge on any atom is -0.464 e. The predicted octanol–water partition coefficient (Wildman–Crippen LogP) is 5.79. The molecule has 2 bridgehead atoms. The smallest absolute Gasteiger partial charge is 0.316 e. The summed E-state index contributed by atoms with van der Waals surface area (Å²) in [6.07, 6.45) is 12.6. The molecule has 2 atom stereocenters. The molecule has 38 heavy (non-hydrogen) atoms. The molecule has 1 N–H and O–H groups in total. The van der Waals surface area contributed by atoms with Crippen molar-refractivity contribution in [2.75, 3.05) is 16.8 Å². The summed E-state index contributed by atoms with van der Waals surface area (Å²) < 4.78 is 11.0. The minimum atomic E-state index is -0.587. The number of anilines is 3. The zero-order valence-electron chi connectivity index (χ0n) is 22.1. The lowest BCUT2D eigenvalue weighted by molar-refractivity contribution is -0.155. The van der Waals surface area contributed by atoms with Crippen molar-refractivity contribution in [2.45, 2.75) is 82.4 Å². The minimum absolute atomic E-state index is 0.356. The summed E-state index contributed by atoms with van der Waals surface area (Å²) in [7, 11) is 0. The molecule has 3 aliphatic rings.